The summed E-state index contributed by atoms with van der Waals surface area (Å²) < 4.78 is 0. The van der Waals surface area contributed by atoms with Crippen LogP contribution in [0.5, 0.6) is 0 Å². The van der Waals surface area contributed by atoms with Gasteiger partial charge in [-0.1, -0.05) is 43.2 Å². The van der Waals surface area contributed by atoms with Crippen LogP contribution in [-0.2, 0) is 11.3 Å². The third kappa shape index (κ3) is 7.67. The minimum Gasteiger partial charge on any atom is -0.356 e. The number of carbonyl (C=O) groups is 1. The van der Waals surface area contributed by atoms with Crippen molar-refractivity contribution in [2.75, 3.05) is 13.6 Å². The fourth-order valence-electron chi connectivity index (χ4n) is 2.67. The summed E-state index contributed by atoms with van der Waals surface area (Å²) in [5, 5.41) is 9.50. The second-order valence-electron chi connectivity index (χ2n) is 5.64. The first-order valence-corrected chi connectivity index (χ1v) is 8.06. The zero-order valence-corrected chi connectivity index (χ0v) is 16.0. The SMILES string of the molecule is CN=C(NCCC(=O)NC1CCCC1)NCc1ccccc1.I. The molecule has 1 aliphatic carbocycles. The first-order chi connectivity index (χ1) is 10.8. The first-order valence-electron chi connectivity index (χ1n) is 8.06. The maximum absolute atomic E-state index is 11.8. The van der Waals surface area contributed by atoms with E-state index in [0.29, 0.717) is 19.0 Å². The predicted molar refractivity (Wildman–Crippen MR) is 105 cm³/mol. The molecule has 23 heavy (non-hydrogen) atoms. The third-order valence-electron chi connectivity index (χ3n) is 3.89. The molecular formula is C17H27IN4O. The number of carbonyl (C=O) groups excluding carboxylic acids is 1. The Morgan fingerprint density at radius 1 is 1.17 bits per heavy atom. The third-order valence-corrected chi connectivity index (χ3v) is 3.89. The fraction of sp³-hybridized carbons (Fsp3) is 0.529. The van der Waals surface area contributed by atoms with E-state index in [1.165, 1.54) is 18.4 Å². The van der Waals surface area contributed by atoms with Gasteiger partial charge in [-0.15, -0.1) is 24.0 Å². The van der Waals surface area contributed by atoms with Crippen LogP contribution in [0.2, 0.25) is 0 Å². The fourth-order valence-corrected chi connectivity index (χ4v) is 2.67. The molecule has 5 nitrogen and oxygen atoms in total. The van der Waals surface area contributed by atoms with Crippen LogP contribution in [0.3, 0.4) is 0 Å². The monoisotopic (exact) mass is 430 g/mol. The molecule has 0 aliphatic heterocycles. The van der Waals surface area contributed by atoms with E-state index in [0.717, 1.165) is 25.3 Å². The van der Waals surface area contributed by atoms with Crippen molar-refractivity contribution in [2.24, 2.45) is 4.99 Å². The normalized spacial score (nSPS) is 14.9. The molecule has 2 rings (SSSR count). The summed E-state index contributed by atoms with van der Waals surface area (Å²) in [6, 6.07) is 10.5. The minimum atomic E-state index is 0. The van der Waals surface area contributed by atoms with Crippen LogP contribution in [-0.4, -0.2) is 31.5 Å². The lowest BCUT2D eigenvalue weighted by molar-refractivity contribution is -0.121. The Hall–Kier alpha value is -1.31. The average Bonchev–Trinajstić information content (AvgIpc) is 3.04. The Morgan fingerprint density at radius 2 is 1.87 bits per heavy atom. The van der Waals surface area contributed by atoms with E-state index in [1.807, 2.05) is 18.2 Å². The summed E-state index contributed by atoms with van der Waals surface area (Å²) in [6.45, 7) is 1.31. The molecule has 0 heterocycles. The van der Waals surface area contributed by atoms with Gasteiger partial charge in [-0.2, -0.15) is 0 Å². The molecular weight excluding hydrogens is 403 g/mol. The van der Waals surface area contributed by atoms with E-state index < -0.39 is 0 Å². The maximum atomic E-state index is 11.8. The molecule has 0 unspecified atom stereocenters. The molecule has 1 fully saturated rings. The lowest BCUT2D eigenvalue weighted by Crippen LogP contribution is -2.40. The van der Waals surface area contributed by atoms with Gasteiger partial charge in [0, 0.05) is 32.6 Å². The molecule has 0 spiro atoms. The standard InChI is InChI=1S/C17H26N4O.HI/c1-18-17(20-13-14-7-3-2-4-8-14)19-12-11-16(22)21-15-9-5-6-10-15;/h2-4,7-8,15H,5-6,9-13H2,1H3,(H,21,22)(H2,18,19,20);1H. The van der Waals surface area contributed by atoms with Crippen LogP contribution < -0.4 is 16.0 Å². The molecule has 0 atom stereocenters. The van der Waals surface area contributed by atoms with Crippen molar-refractivity contribution in [3.63, 3.8) is 0 Å². The van der Waals surface area contributed by atoms with Gasteiger partial charge in [0.15, 0.2) is 5.96 Å². The zero-order chi connectivity index (χ0) is 15.6. The number of guanidine groups is 1. The van der Waals surface area contributed by atoms with E-state index in [4.69, 9.17) is 0 Å². The molecule has 0 aromatic heterocycles. The van der Waals surface area contributed by atoms with Gasteiger partial charge >= 0.3 is 0 Å². The van der Waals surface area contributed by atoms with E-state index in [-0.39, 0.29) is 29.9 Å². The molecule has 6 heteroatoms. The number of rotatable bonds is 6. The number of nitrogens with one attached hydrogen (secondary N) is 3. The summed E-state index contributed by atoms with van der Waals surface area (Å²) in [6.07, 6.45) is 5.19. The lowest BCUT2D eigenvalue weighted by atomic mass is 10.2. The van der Waals surface area contributed by atoms with Crippen molar-refractivity contribution >= 4 is 35.8 Å². The highest BCUT2D eigenvalue weighted by Crippen LogP contribution is 2.17. The maximum Gasteiger partial charge on any atom is 0.221 e. The highest BCUT2D eigenvalue weighted by atomic mass is 127. The summed E-state index contributed by atoms with van der Waals surface area (Å²) >= 11 is 0. The summed E-state index contributed by atoms with van der Waals surface area (Å²) in [7, 11) is 1.74. The summed E-state index contributed by atoms with van der Waals surface area (Å²) in [4.78, 5) is 16.0. The van der Waals surface area contributed by atoms with Gasteiger partial charge in [-0.25, -0.2) is 0 Å². The highest BCUT2D eigenvalue weighted by Gasteiger charge is 2.16. The van der Waals surface area contributed by atoms with Crippen LogP contribution in [0.4, 0.5) is 0 Å². The van der Waals surface area contributed by atoms with Gasteiger partial charge in [0.05, 0.1) is 0 Å². The average molecular weight is 430 g/mol. The van der Waals surface area contributed by atoms with Gasteiger partial charge in [0.2, 0.25) is 5.91 Å². The second kappa shape index (κ2) is 11.3. The second-order valence-corrected chi connectivity index (χ2v) is 5.64. The lowest BCUT2D eigenvalue weighted by Gasteiger charge is -2.14. The molecule has 0 radical (unpaired) electrons. The van der Waals surface area contributed by atoms with Crippen molar-refractivity contribution < 1.29 is 4.79 Å². The number of hydrogen-bond donors (Lipinski definition) is 3. The van der Waals surface area contributed by atoms with Gasteiger partial charge < -0.3 is 16.0 Å². The molecule has 1 amide bonds. The van der Waals surface area contributed by atoms with Crippen LogP contribution in [0, 0.1) is 0 Å². The van der Waals surface area contributed by atoms with Crippen LogP contribution in [0.15, 0.2) is 35.3 Å². The molecule has 0 saturated heterocycles. The zero-order valence-electron chi connectivity index (χ0n) is 13.7. The van der Waals surface area contributed by atoms with Gasteiger partial charge in [-0.3, -0.25) is 9.79 Å². The number of aliphatic imine (C=N–C) groups is 1. The van der Waals surface area contributed by atoms with Crippen molar-refractivity contribution in [1.29, 1.82) is 0 Å². The van der Waals surface area contributed by atoms with Crippen molar-refractivity contribution in [1.82, 2.24) is 16.0 Å². The summed E-state index contributed by atoms with van der Waals surface area (Å²) in [5.74, 6) is 0.843. The van der Waals surface area contributed by atoms with Gasteiger partial charge in [0.25, 0.3) is 0 Å². The number of halogens is 1. The smallest absolute Gasteiger partial charge is 0.221 e. The first kappa shape index (κ1) is 19.7. The molecule has 1 aliphatic rings. The Labute approximate surface area is 155 Å². The van der Waals surface area contributed by atoms with Crippen molar-refractivity contribution in [3.8, 4) is 0 Å². The van der Waals surface area contributed by atoms with Crippen molar-refractivity contribution in [2.45, 2.75) is 44.7 Å². The largest absolute Gasteiger partial charge is 0.356 e. The molecule has 1 aromatic rings. The minimum absolute atomic E-state index is 0. The quantitative estimate of drug-likeness (QED) is 0.369. The predicted octanol–water partition coefficient (Wildman–Crippen LogP) is 2.42. The Morgan fingerprint density at radius 3 is 2.52 bits per heavy atom. The van der Waals surface area contributed by atoms with Gasteiger partial charge in [0.1, 0.15) is 0 Å². The molecule has 1 saturated carbocycles. The van der Waals surface area contributed by atoms with Crippen LogP contribution >= 0.6 is 24.0 Å². The molecule has 1 aromatic carbocycles. The Balaban J connectivity index is 0.00000264. The number of benzene rings is 1. The highest BCUT2D eigenvalue weighted by molar-refractivity contribution is 14.0. The topological polar surface area (TPSA) is 65.5 Å². The van der Waals surface area contributed by atoms with E-state index in [2.05, 4.69) is 33.1 Å². The number of nitrogens with zero attached hydrogens (tertiary/aromatic N) is 1. The number of amides is 1. The van der Waals surface area contributed by atoms with E-state index in [9.17, 15) is 4.79 Å². The van der Waals surface area contributed by atoms with E-state index in [1.54, 1.807) is 7.05 Å². The molecule has 128 valence electrons. The van der Waals surface area contributed by atoms with Crippen LogP contribution in [0.1, 0.15) is 37.7 Å². The van der Waals surface area contributed by atoms with Crippen LogP contribution in [0.25, 0.3) is 0 Å². The van der Waals surface area contributed by atoms with Crippen molar-refractivity contribution in [3.05, 3.63) is 35.9 Å². The van der Waals surface area contributed by atoms with Gasteiger partial charge in [-0.05, 0) is 18.4 Å². The molecule has 3 N–H and O–H groups in total. The molecule has 0 bridgehead atoms. The number of hydrogen-bond acceptors (Lipinski definition) is 2. The summed E-state index contributed by atoms with van der Waals surface area (Å²) in [5.41, 5.74) is 1.20. The van der Waals surface area contributed by atoms with E-state index >= 15 is 0 Å². The Bertz CT molecular complexity index is 487. The Kier molecular flexibility index (Phi) is 9.66.